The van der Waals surface area contributed by atoms with Crippen LogP contribution < -0.4 is 5.43 Å². The van der Waals surface area contributed by atoms with E-state index >= 15 is 0 Å². The minimum absolute atomic E-state index is 0.315. The number of hydrogen-bond donors (Lipinski definition) is 1. The molecule has 7 heteroatoms. The van der Waals surface area contributed by atoms with Crippen LogP contribution in [-0.2, 0) is 6.54 Å². The van der Waals surface area contributed by atoms with Crippen LogP contribution in [0.3, 0.4) is 0 Å². The van der Waals surface area contributed by atoms with Gasteiger partial charge in [0.2, 0.25) is 0 Å². The minimum Gasteiger partial charge on any atom is -0.469 e. The SMILES string of the molecule is Cc1occc1C(=O)N/N=C\C=C\c1cn(Cc2ccccc2)nn1. The van der Waals surface area contributed by atoms with Gasteiger partial charge in [0, 0.05) is 6.21 Å². The molecule has 3 rings (SSSR count). The zero-order valence-electron chi connectivity index (χ0n) is 13.7. The second-order valence-electron chi connectivity index (χ2n) is 5.30. The van der Waals surface area contributed by atoms with Crippen molar-refractivity contribution in [2.45, 2.75) is 13.5 Å². The number of aryl methyl sites for hydroxylation is 1. The first-order valence-corrected chi connectivity index (χ1v) is 7.70. The van der Waals surface area contributed by atoms with Gasteiger partial charge in [0.05, 0.1) is 24.6 Å². The van der Waals surface area contributed by atoms with E-state index in [0.29, 0.717) is 23.6 Å². The van der Waals surface area contributed by atoms with Crippen LogP contribution in [0.25, 0.3) is 6.08 Å². The summed E-state index contributed by atoms with van der Waals surface area (Å²) in [7, 11) is 0. The van der Waals surface area contributed by atoms with E-state index in [4.69, 9.17) is 4.42 Å². The molecule has 126 valence electrons. The number of nitrogens with zero attached hydrogens (tertiary/aromatic N) is 4. The Balaban J connectivity index is 1.51. The molecule has 0 bridgehead atoms. The molecule has 0 unspecified atom stereocenters. The largest absolute Gasteiger partial charge is 0.469 e. The van der Waals surface area contributed by atoms with E-state index in [-0.39, 0.29) is 5.91 Å². The van der Waals surface area contributed by atoms with Crippen LogP contribution in [0.4, 0.5) is 0 Å². The third-order valence-corrected chi connectivity index (χ3v) is 3.44. The van der Waals surface area contributed by atoms with E-state index in [1.165, 1.54) is 12.5 Å². The van der Waals surface area contributed by atoms with Gasteiger partial charge in [0.1, 0.15) is 11.5 Å². The lowest BCUT2D eigenvalue weighted by Gasteiger charge is -1.98. The molecule has 0 spiro atoms. The fourth-order valence-corrected chi connectivity index (χ4v) is 2.20. The Morgan fingerprint density at radius 2 is 2.16 bits per heavy atom. The zero-order valence-corrected chi connectivity index (χ0v) is 13.7. The number of rotatable bonds is 6. The van der Waals surface area contributed by atoms with Crippen LogP contribution in [0, 0.1) is 6.92 Å². The molecule has 0 fully saturated rings. The Labute approximate surface area is 144 Å². The Bertz CT molecular complexity index is 893. The molecule has 0 aliphatic rings. The topological polar surface area (TPSA) is 85.3 Å². The molecule has 3 aromatic rings. The number of furan rings is 1. The predicted molar refractivity (Wildman–Crippen MR) is 94.0 cm³/mol. The highest BCUT2D eigenvalue weighted by Crippen LogP contribution is 2.07. The van der Waals surface area contributed by atoms with E-state index in [9.17, 15) is 4.79 Å². The van der Waals surface area contributed by atoms with Crippen molar-refractivity contribution < 1.29 is 9.21 Å². The summed E-state index contributed by atoms with van der Waals surface area (Å²) in [6.07, 6.45) is 8.22. The van der Waals surface area contributed by atoms with E-state index in [0.717, 1.165) is 5.56 Å². The summed E-state index contributed by atoms with van der Waals surface area (Å²) in [6.45, 7) is 2.38. The fourth-order valence-electron chi connectivity index (χ4n) is 2.20. The van der Waals surface area contributed by atoms with Crippen molar-refractivity contribution in [1.29, 1.82) is 0 Å². The third kappa shape index (κ3) is 4.51. The number of carbonyl (C=O) groups excluding carboxylic acids is 1. The second-order valence-corrected chi connectivity index (χ2v) is 5.30. The number of carbonyl (C=O) groups is 1. The molecule has 0 atom stereocenters. The van der Waals surface area contributed by atoms with Crippen LogP contribution in [0.2, 0.25) is 0 Å². The number of amides is 1. The van der Waals surface area contributed by atoms with Crippen molar-refractivity contribution in [3.63, 3.8) is 0 Å². The molecule has 1 N–H and O–H groups in total. The van der Waals surface area contributed by atoms with Crippen LogP contribution in [0.5, 0.6) is 0 Å². The van der Waals surface area contributed by atoms with Gasteiger partial charge in [0.15, 0.2) is 0 Å². The molecule has 0 radical (unpaired) electrons. The summed E-state index contributed by atoms with van der Waals surface area (Å²) < 4.78 is 6.83. The van der Waals surface area contributed by atoms with Gasteiger partial charge in [-0.2, -0.15) is 5.10 Å². The summed E-state index contributed by atoms with van der Waals surface area (Å²) in [5.41, 5.74) is 4.75. The molecule has 0 saturated heterocycles. The van der Waals surface area contributed by atoms with Crippen molar-refractivity contribution >= 4 is 18.2 Å². The van der Waals surface area contributed by atoms with Crippen LogP contribution in [0.1, 0.15) is 27.4 Å². The van der Waals surface area contributed by atoms with Crippen molar-refractivity contribution in [2.75, 3.05) is 0 Å². The smallest absolute Gasteiger partial charge is 0.274 e. The Morgan fingerprint density at radius 1 is 1.32 bits per heavy atom. The lowest BCUT2D eigenvalue weighted by Crippen LogP contribution is -2.17. The molecular formula is C18H17N5O2. The highest BCUT2D eigenvalue weighted by atomic mass is 16.3. The molecular weight excluding hydrogens is 318 g/mol. The molecule has 7 nitrogen and oxygen atoms in total. The number of hydrazone groups is 1. The maximum Gasteiger partial charge on any atom is 0.274 e. The predicted octanol–water partition coefficient (Wildman–Crippen LogP) is 2.66. The highest BCUT2D eigenvalue weighted by molar-refractivity contribution is 5.95. The Morgan fingerprint density at radius 3 is 2.92 bits per heavy atom. The first kappa shape index (κ1) is 16.4. The molecule has 0 aliphatic carbocycles. The van der Waals surface area contributed by atoms with Gasteiger partial charge in [-0.25, -0.2) is 10.1 Å². The van der Waals surface area contributed by atoms with Crippen LogP contribution in [0.15, 0.2) is 64.5 Å². The summed E-state index contributed by atoms with van der Waals surface area (Å²) in [6, 6.07) is 11.6. The number of allylic oxidation sites excluding steroid dienone is 1. The first-order chi connectivity index (χ1) is 12.2. The van der Waals surface area contributed by atoms with Crippen molar-refractivity contribution in [2.24, 2.45) is 5.10 Å². The van der Waals surface area contributed by atoms with E-state index in [1.807, 2.05) is 36.5 Å². The summed E-state index contributed by atoms with van der Waals surface area (Å²) in [5.74, 6) is 0.239. The molecule has 1 aromatic carbocycles. The van der Waals surface area contributed by atoms with Gasteiger partial charge >= 0.3 is 0 Å². The van der Waals surface area contributed by atoms with Gasteiger partial charge in [-0.15, -0.1) is 5.10 Å². The summed E-state index contributed by atoms with van der Waals surface area (Å²) >= 11 is 0. The van der Waals surface area contributed by atoms with Crippen LogP contribution >= 0.6 is 0 Å². The van der Waals surface area contributed by atoms with Crippen molar-refractivity contribution in [3.05, 3.63) is 77.5 Å². The lowest BCUT2D eigenvalue weighted by atomic mass is 10.2. The van der Waals surface area contributed by atoms with Gasteiger partial charge in [-0.3, -0.25) is 4.79 Å². The molecule has 1 amide bonds. The summed E-state index contributed by atoms with van der Waals surface area (Å²) in [4.78, 5) is 11.8. The first-order valence-electron chi connectivity index (χ1n) is 7.70. The summed E-state index contributed by atoms with van der Waals surface area (Å²) in [5, 5.41) is 12.0. The highest BCUT2D eigenvalue weighted by Gasteiger charge is 2.09. The third-order valence-electron chi connectivity index (χ3n) is 3.44. The van der Waals surface area contributed by atoms with Crippen LogP contribution in [-0.4, -0.2) is 27.1 Å². The maximum atomic E-state index is 11.8. The number of hydrogen-bond acceptors (Lipinski definition) is 5. The van der Waals surface area contributed by atoms with Crippen molar-refractivity contribution in [3.8, 4) is 0 Å². The molecule has 2 heterocycles. The molecule has 0 saturated carbocycles. The van der Waals surface area contributed by atoms with Gasteiger partial charge in [-0.1, -0.05) is 35.5 Å². The Kier molecular flexibility index (Phi) is 5.16. The Hall–Kier alpha value is -3.48. The van der Waals surface area contributed by atoms with Gasteiger partial charge in [0.25, 0.3) is 5.91 Å². The standard InChI is InChI=1S/C18H17N5O2/c1-14-17(9-11-25-14)18(24)21-19-10-5-8-16-13-23(22-20-16)12-15-6-3-2-4-7-15/h2-11,13H,12H2,1H3,(H,21,24)/b8-5+,19-10-. The monoisotopic (exact) mass is 335 g/mol. The van der Waals surface area contributed by atoms with Gasteiger partial charge in [-0.05, 0) is 30.7 Å². The van der Waals surface area contributed by atoms with E-state index in [2.05, 4.69) is 20.8 Å². The van der Waals surface area contributed by atoms with Crippen molar-refractivity contribution in [1.82, 2.24) is 20.4 Å². The quantitative estimate of drug-likeness (QED) is 0.554. The van der Waals surface area contributed by atoms with E-state index in [1.54, 1.807) is 29.8 Å². The second kappa shape index (κ2) is 7.87. The normalized spacial score (nSPS) is 11.4. The number of aromatic nitrogens is 3. The average molecular weight is 335 g/mol. The molecule has 25 heavy (non-hydrogen) atoms. The maximum absolute atomic E-state index is 11.8. The van der Waals surface area contributed by atoms with Gasteiger partial charge < -0.3 is 4.42 Å². The molecule has 0 aliphatic heterocycles. The lowest BCUT2D eigenvalue weighted by molar-refractivity contribution is 0.0953. The number of nitrogens with one attached hydrogen (secondary N) is 1. The number of benzene rings is 1. The molecule has 2 aromatic heterocycles. The average Bonchev–Trinajstić information content (AvgIpc) is 3.24. The fraction of sp³-hybridized carbons (Fsp3) is 0.111. The van der Waals surface area contributed by atoms with E-state index < -0.39 is 0 Å². The minimum atomic E-state index is -0.315. The zero-order chi connectivity index (χ0) is 17.5.